The molecule has 0 radical (unpaired) electrons. The number of thiazole rings is 1. The smallest absolute Gasteiger partial charge is 0.0832 e. The molecule has 3 nitrogen and oxygen atoms in total. The first kappa shape index (κ1) is 9.43. The standard InChI is InChI=1S/C10H12N2OS/c1-7(13)5-11-8-2-3-10-9(4-8)12-6-14-10/h2-4,6-7,11,13H,5H2,1H3. The van der Waals surface area contributed by atoms with Crippen molar-refractivity contribution >= 4 is 27.2 Å². The maximum atomic E-state index is 9.11. The molecule has 1 aromatic heterocycles. The number of rotatable bonds is 3. The Labute approximate surface area is 86.4 Å². The minimum absolute atomic E-state index is 0.332. The number of aliphatic hydroxyl groups is 1. The van der Waals surface area contributed by atoms with Gasteiger partial charge in [-0.05, 0) is 25.1 Å². The molecule has 0 bridgehead atoms. The van der Waals surface area contributed by atoms with Crippen LogP contribution in [0.15, 0.2) is 23.7 Å². The fourth-order valence-corrected chi connectivity index (χ4v) is 1.89. The molecule has 0 fully saturated rings. The number of hydrogen-bond donors (Lipinski definition) is 2. The summed E-state index contributed by atoms with van der Waals surface area (Å²) in [5.41, 5.74) is 3.85. The van der Waals surface area contributed by atoms with Gasteiger partial charge in [-0.2, -0.15) is 0 Å². The highest BCUT2D eigenvalue weighted by atomic mass is 32.1. The summed E-state index contributed by atoms with van der Waals surface area (Å²) in [7, 11) is 0. The van der Waals surface area contributed by atoms with Crippen LogP contribution in [-0.4, -0.2) is 22.7 Å². The number of nitrogens with one attached hydrogen (secondary N) is 1. The van der Waals surface area contributed by atoms with Gasteiger partial charge in [0.2, 0.25) is 0 Å². The third-order valence-electron chi connectivity index (χ3n) is 1.93. The average molecular weight is 208 g/mol. The van der Waals surface area contributed by atoms with Crippen LogP contribution >= 0.6 is 11.3 Å². The second-order valence-electron chi connectivity index (χ2n) is 3.26. The van der Waals surface area contributed by atoms with Gasteiger partial charge < -0.3 is 10.4 Å². The molecule has 1 heterocycles. The van der Waals surface area contributed by atoms with E-state index in [1.165, 1.54) is 4.70 Å². The molecule has 0 aliphatic heterocycles. The topological polar surface area (TPSA) is 45.1 Å². The monoisotopic (exact) mass is 208 g/mol. The Morgan fingerprint density at radius 1 is 1.57 bits per heavy atom. The fraction of sp³-hybridized carbons (Fsp3) is 0.300. The van der Waals surface area contributed by atoms with Gasteiger partial charge >= 0.3 is 0 Å². The number of anilines is 1. The van der Waals surface area contributed by atoms with Crippen LogP contribution in [0.1, 0.15) is 6.92 Å². The van der Waals surface area contributed by atoms with Gasteiger partial charge in [0.15, 0.2) is 0 Å². The Morgan fingerprint density at radius 2 is 2.43 bits per heavy atom. The first-order valence-electron chi connectivity index (χ1n) is 4.51. The third-order valence-corrected chi connectivity index (χ3v) is 2.74. The van der Waals surface area contributed by atoms with Crippen LogP contribution in [0.2, 0.25) is 0 Å². The number of hydrogen-bond acceptors (Lipinski definition) is 4. The van der Waals surface area contributed by atoms with Crippen LogP contribution in [0.5, 0.6) is 0 Å². The summed E-state index contributed by atoms with van der Waals surface area (Å²) in [6.07, 6.45) is -0.332. The van der Waals surface area contributed by atoms with Crippen molar-refractivity contribution in [3.63, 3.8) is 0 Å². The lowest BCUT2D eigenvalue weighted by Crippen LogP contribution is -2.15. The third kappa shape index (κ3) is 2.02. The molecule has 0 saturated heterocycles. The maximum absolute atomic E-state index is 9.11. The van der Waals surface area contributed by atoms with E-state index in [1.54, 1.807) is 18.3 Å². The molecule has 4 heteroatoms. The predicted molar refractivity (Wildman–Crippen MR) is 59.8 cm³/mol. The molecule has 1 atom stereocenters. The van der Waals surface area contributed by atoms with E-state index in [-0.39, 0.29) is 6.10 Å². The van der Waals surface area contributed by atoms with Crippen molar-refractivity contribution in [2.75, 3.05) is 11.9 Å². The van der Waals surface area contributed by atoms with E-state index in [9.17, 15) is 0 Å². The van der Waals surface area contributed by atoms with Gasteiger partial charge in [-0.15, -0.1) is 11.3 Å². The summed E-state index contributed by atoms with van der Waals surface area (Å²) in [6, 6.07) is 6.04. The molecule has 2 aromatic rings. The number of aliphatic hydroxyl groups excluding tert-OH is 1. The molecule has 74 valence electrons. The number of nitrogens with zero attached hydrogens (tertiary/aromatic N) is 1. The summed E-state index contributed by atoms with van der Waals surface area (Å²) in [5.74, 6) is 0. The van der Waals surface area contributed by atoms with E-state index in [4.69, 9.17) is 5.11 Å². The molecule has 0 aliphatic carbocycles. The number of fused-ring (bicyclic) bond motifs is 1. The van der Waals surface area contributed by atoms with Crippen molar-refractivity contribution < 1.29 is 5.11 Å². The Morgan fingerprint density at radius 3 is 3.21 bits per heavy atom. The second-order valence-corrected chi connectivity index (χ2v) is 4.15. The lowest BCUT2D eigenvalue weighted by Gasteiger charge is -2.07. The van der Waals surface area contributed by atoms with Crippen LogP contribution in [0, 0.1) is 0 Å². The van der Waals surface area contributed by atoms with Crippen LogP contribution in [0.25, 0.3) is 10.2 Å². The Balaban J connectivity index is 2.17. The zero-order valence-electron chi connectivity index (χ0n) is 7.90. The Bertz CT molecular complexity index is 425. The van der Waals surface area contributed by atoms with Crippen molar-refractivity contribution in [3.8, 4) is 0 Å². The summed E-state index contributed by atoms with van der Waals surface area (Å²) >= 11 is 1.63. The van der Waals surface area contributed by atoms with E-state index in [2.05, 4.69) is 10.3 Å². The maximum Gasteiger partial charge on any atom is 0.0832 e. The van der Waals surface area contributed by atoms with E-state index < -0.39 is 0 Å². The van der Waals surface area contributed by atoms with Gasteiger partial charge in [-0.1, -0.05) is 0 Å². The molecule has 2 N–H and O–H groups in total. The summed E-state index contributed by atoms with van der Waals surface area (Å²) in [5, 5.41) is 12.3. The number of benzene rings is 1. The zero-order valence-corrected chi connectivity index (χ0v) is 8.71. The van der Waals surface area contributed by atoms with E-state index in [1.807, 2.05) is 23.7 Å². The van der Waals surface area contributed by atoms with Gasteiger partial charge in [-0.3, -0.25) is 0 Å². The summed E-state index contributed by atoms with van der Waals surface area (Å²) in [6.45, 7) is 2.32. The molecular formula is C10H12N2OS. The van der Waals surface area contributed by atoms with Crippen LogP contribution in [0.3, 0.4) is 0 Å². The summed E-state index contributed by atoms with van der Waals surface area (Å²) < 4.78 is 1.19. The first-order chi connectivity index (χ1) is 6.75. The quantitative estimate of drug-likeness (QED) is 0.811. The van der Waals surface area contributed by atoms with Gasteiger partial charge in [0.1, 0.15) is 0 Å². The Hall–Kier alpha value is -1.13. The highest BCUT2D eigenvalue weighted by Crippen LogP contribution is 2.21. The zero-order chi connectivity index (χ0) is 9.97. The van der Waals surface area contributed by atoms with Crippen molar-refractivity contribution in [1.29, 1.82) is 0 Å². The van der Waals surface area contributed by atoms with Crippen LogP contribution < -0.4 is 5.32 Å². The van der Waals surface area contributed by atoms with E-state index in [0.717, 1.165) is 11.2 Å². The van der Waals surface area contributed by atoms with Crippen molar-refractivity contribution in [3.05, 3.63) is 23.7 Å². The van der Waals surface area contributed by atoms with Crippen LogP contribution in [0.4, 0.5) is 5.69 Å². The van der Waals surface area contributed by atoms with Gasteiger partial charge in [0.05, 0.1) is 21.8 Å². The first-order valence-corrected chi connectivity index (χ1v) is 5.39. The molecule has 0 saturated carbocycles. The highest BCUT2D eigenvalue weighted by Gasteiger charge is 1.99. The van der Waals surface area contributed by atoms with E-state index in [0.29, 0.717) is 6.54 Å². The van der Waals surface area contributed by atoms with E-state index >= 15 is 0 Å². The molecule has 0 aliphatic rings. The lowest BCUT2D eigenvalue weighted by atomic mass is 10.3. The number of aromatic nitrogens is 1. The lowest BCUT2D eigenvalue weighted by molar-refractivity contribution is 0.208. The minimum atomic E-state index is -0.332. The van der Waals surface area contributed by atoms with Gasteiger partial charge in [-0.25, -0.2) is 4.98 Å². The van der Waals surface area contributed by atoms with Crippen LogP contribution in [-0.2, 0) is 0 Å². The molecule has 0 spiro atoms. The van der Waals surface area contributed by atoms with Crippen molar-refractivity contribution in [2.24, 2.45) is 0 Å². The van der Waals surface area contributed by atoms with Crippen molar-refractivity contribution in [2.45, 2.75) is 13.0 Å². The normalized spacial score (nSPS) is 13.0. The van der Waals surface area contributed by atoms with Gasteiger partial charge in [0, 0.05) is 12.2 Å². The predicted octanol–water partition coefficient (Wildman–Crippen LogP) is 2.09. The molecule has 14 heavy (non-hydrogen) atoms. The molecule has 0 amide bonds. The molecular weight excluding hydrogens is 196 g/mol. The van der Waals surface area contributed by atoms with Crippen molar-refractivity contribution in [1.82, 2.24) is 4.98 Å². The summed E-state index contributed by atoms with van der Waals surface area (Å²) in [4.78, 5) is 4.22. The minimum Gasteiger partial charge on any atom is -0.392 e. The SMILES string of the molecule is CC(O)CNc1ccc2scnc2c1. The fourth-order valence-electron chi connectivity index (χ4n) is 1.23. The highest BCUT2D eigenvalue weighted by molar-refractivity contribution is 7.16. The largest absolute Gasteiger partial charge is 0.392 e. The average Bonchev–Trinajstić information content (AvgIpc) is 2.61. The Kier molecular flexibility index (Phi) is 2.65. The molecule has 1 aromatic carbocycles. The molecule has 2 rings (SSSR count). The molecule has 1 unspecified atom stereocenters. The second kappa shape index (κ2) is 3.94. The van der Waals surface area contributed by atoms with Gasteiger partial charge in [0.25, 0.3) is 0 Å².